The summed E-state index contributed by atoms with van der Waals surface area (Å²) in [5.41, 5.74) is -5.08. The summed E-state index contributed by atoms with van der Waals surface area (Å²) in [7, 11) is 4.01. The molecule has 0 aromatic heterocycles. The topological polar surface area (TPSA) is 107 Å². The maximum Gasteiger partial charge on any atom is 0.307 e. The molecule has 0 heterocycles. The molecule has 0 spiro atoms. The Balaban J connectivity index is 1.76. The maximum atomic E-state index is 17.5. The number of Topliss-reactive ketones (excluding diaryl/α,β-unsaturated/α-hetero) is 1. The van der Waals surface area contributed by atoms with Crippen LogP contribution < -0.4 is 0 Å². The second-order valence-electron chi connectivity index (χ2n) is 11.5. The highest BCUT2D eigenvalue weighted by molar-refractivity contribution is 8.76. The lowest BCUT2D eigenvalue weighted by molar-refractivity contribution is -0.227. The van der Waals surface area contributed by atoms with Gasteiger partial charge in [0.1, 0.15) is 0 Å². The number of aliphatic hydroxyl groups is 1. The molecule has 7 nitrogen and oxygen atoms in total. The molecule has 10 heteroatoms. The maximum absolute atomic E-state index is 17.5. The zero-order valence-electron chi connectivity index (χ0n) is 22.6. The van der Waals surface area contributed by atoms with Crippen LogP contribution in [0, 0.1) is 28.6 Å². The summed E-state index contributed by atoms with van der Waals surface area (Å²) < 4.78 is 28.2. The van der Waals surface area contributed by atoms with Crippen LogP contribution in [-0.4, -0.2) is 65.1 Å². The Morgan fingerprint density at radius 3 is 2.53 bits per heavy atom. The summed E-state index contributed by atoms with van der Waals surface area (Å²) in [5.74, 6) is -2.96. The molecule has 4 aliphatic carbocycles. The monoisotopic (exact) mass is 568 g/mol. The van der Waals surface area contributed by atoms with E-state index in [9.17, 15) is 24.3 Å². The molecule has 0 bridgehead atoms. The smallest absolute Gasteiger partial charge is 0.307 e. The van der Waals surface area contributed by atoms with Gasteiger partial charge in [0.05, 0.1) is 31.8 Å². The predicted octanol–water partition coefficient (Wildman–Crippen LogP) is 4.42. The van der Waals surface area contributed by atoms with Gasteiger partial charge >= 0.3 is 11.9 Å². The summed E-state index contributed by atoms with van der Waals surface area (Å²) in [6.45, 7) is 5.46. The van der Waals surface area contributed by atoms with Gasteiger partial charge in [0, 0.05) is 22.7 Å². The number of hydrogen-bond donors (Lipinski definition) is 1. The summed E-state index contributed by atoms with van der Waals surface area (Å²) >= 11 is 0. The Kier molecular flexibility index (Phi) is 8.02. The highest BCUT2D eigenvalue weighted by atomic mass is 33.1. The van der Waals surface area contributed by atoms with Crippen LogP contribution in [0.5, 0.6) is 0 Å². The standard InChI is InChI=1S/C28H37FO7S2/c1-16-12-20-19-7-6-17-13-18(30)10-11-25(17,2)27(19,29)21(31)14-26(20,3)28(16,22(32)15-38-37-5)36-24(34)9-8-23(33)35-4/h10-11,13,16,19-21,31H,6-9,12,14-15H2,1-5H3/t16-,19-,20-,21-,25-,26-,27-,28-/m0/s1. The fourth-order valence-corrected chi connectivity index (χ4v) is 9.27. The lowest BCUT2D eigenvalue weighted by Gasteiger charge is -2.62. The molecule has 38 heavy (non-hydrogen) atoms. The van der Waals surface area contributed by atoms with Crippen molar-refractivity contribution in [2.75, 3.05) is 19.1 Å². The molecule has 210 valence electrons. The second kappa shape index (κ2) is 10.4. The Morgan fingerprint density at radius 1 is 1.18 bits per heavy atom. The lowest BCUT2D eigenvalue weighted by atomic mass is 9.44. The molecule has 8 atom stereocenters. The van der Waals surface area contributed by atoms with E-state index >= 15 is 4.39 Å². The van der Waals surface area contributed by atoms with Crippen molar-refractivity contribution in [1.29, 1.82) is 0 Å². The summed E-state index contributed by atoms with van der Waals surface area (Å²) in [6.07, 6.45) is 5.78. The van der Waals surface area contributed by atoms with Gasteiger partial charge in [-0.1, -0.05) is 47.1 Å². The lowest BCUT2D eigenvalue weighted by Crippen LogP contribution is -2.70. The van der Waals surface area contributed by atoms with Crippen molar-refractivity contribution in [2.45, 2.75) is 76.7 Å². The molecule has 0 saturated heterocycles. The van der Waals surface area contributed by atoms with Crippen molar-refractivity contribution >= 4 is 45.1 Å². The minimum atomic E-state index is -2.04. The van der Waals surface area contributed by atoms with E-state index in [-0.39, 0.29) is 42.5 Å². The molecule has 0 aliphatic heterocycles. The summed E-state index contributed by atoms with van der Waals surface area (Å²) in [4.78, 5) is 50.8. The van der Waals surface area contributed by atoms with Gasteiger partial charge in [-0.05, 0) is 56.9 Å². The van der Waals surface area contributed by atoms with Crippen molar-refractivity contribution in [3.63, 3.8) is 0 Å². The third-order valence-corrected chi connectivity index (χ3v) is 11.6. The van der Waals surface area contributed by atoms with E-state index in [1.165, 1.54) is 40.8 Å². The highest BCUT2D eigenvalue weighted by Gasteiger charge is 2.77. The molecule has 4 rings (SSSR count). The first-order valence-corrected chi connectivity index (χ1v) is 15.8. The highest BCUT2D eigenvalue weighted by Crippen LogP contribution is 2.71. The van der Waals surface area contributed by atoms with Crippen LogP contribution in [0.1, 0.15) is 59.3 Å². The molecule has 0 amide bonds. The average molecular weight is 569 g/mol. The van der Waals surface area contributed by atoms with Crippen molar-refractivity contribution < 1.29 is 38.1 Å². The zero-order valence-corrected chi connectivity index (χ0v) is 24.2. The number of halogens is 1. The SMILES string of the molecule is COC(=O)CCC(=O)O[C@]1(C(=O)CSSC)[C@@H](C)C[C@H]2[C@@H]3CCC4=CC(=O)C=C[C@]4(C)[C@@]3(F)[C@@H](O)C[C@@]21C. The summed E-state index contributed by atoms with van der Waals surface area (Å²) in [6, 6.07) is 0. The molecule has 3 saturated carbocycles. The number of carbonyl (C=O) groups excluding carboxylic acids is 4. The van der Waals surface area contributed by atoms with Crippen molar-refractivity contribution in [3.8, 4) is 0 Å². The molecular formula is C28H37FO7S2. The van der Waals surface area contributed by atoms with Crippen LogP contribution in [0.25, 0.3) is 0 Å². The van der Waals surface area contributed by atoms with Gasteiger partial charge in [-0.15, -0.1) is 0 Å². The minimum absolute atomic E-state index is 0.0698. The van der Waals surface area contributed by atoms with Crippen LogP contribution >= 0.6 is 21.6 Å². The molecule has 0 unspecified atom stereocenters. The molecule has 0 aromatic carbocycles. The number of ether oxygens (including phenoxy) is 2. The average Bonchev–Trinajstić information content (AvgIpc) is 3.09. The van der Waals surface area contributed by atoms with Gasteiger partial charge in [-0.25, -0.2) is 4.39 Å². The van der Waals surface area contributed by atoms with Crippen molar-refractivity contribution in [3.05, 3.63) is 23.8 Å². The number of ketones is 2. The van der Waals surface area contributed by atoms with E-state index in [4.69, 9.17) is 4.74 Å². The van der Waals surface area contributed by atoms with E-state index in [1.807, 2.05) is 20.1 Å². The van der Waals surface area contributed by atoms with Crippen LogP contribution in [0.4, 0.5) is 4.39 Å². The van der Waals surface area contributed by atoms with E-state index in [0.29, 0.717) is 24.8 Å². The Morgan fingerprint density at radius 2 is 1.87 bits per heavy atom. The molecule has 0 aromatic rings. The molecule has 4 aliphatic rings. The largest absolute Gasteiger partial charge is 0.469 e. The molecule has 3 fully saturated rings. The van der Waals surface area contributed by atoms with Gasteiger partial charge in [-0.3, -0.25) is 19.2 Å². The Bertz CT molecular complexity index is 1090. The van der Waals surface area contributed by atoms with Crippen LogP contribution in [-0.2, 0) is 28.7 Å². The molecule has 0 radical (unpaired) electrons. The number of hydrogen-bond acceptors (Lipinski definition) is 9. The van der Waals surface area contributed by atoms with Crippen LogP contribution in [0.3, 0.4) is 0 Å². The van der Waals surface area contributed by atoms with Gasteiger partial charge in [0.15, 0.2) is 22.8 Å². The first-order valence-electron chi connectivity index (χ1n) is 13.1. The number of rotatable bonds is 8. The Labute approximate surface area is 231 Å². The van der Waals surface area contributed by atoms with Gasteiger partial charge in [0.2, 0.25) is 0 Å². The van der Waals surface area contributed by atoms with Gasteiger partial charge < -0.3 is 14.6 Å². The van der Waals surface area contributed by atoms with Crippen LogP contribution in [0.2, 0.25) is 0 Å². The normalized spacial score (nSPS) is 41.4. The van der Waals surface area contributed by atoms with E-state index in [1.54, 1.807) is 13.0 Å². The summed E-state index contributed by atoms with van der Waals surface area (Å²) in [5, 5.41) is 11.6. The van der Waals surface area contributed by atoms with Crippen molar-refractivity contribution in [1.82, 2.24) is 0 Å². The third-order valence-electron chi connectivity index (χ3n) is 9.94. The Hall–Kier alpha value is -1.65. The van der Waals surface area contributed by atoms with E-state index in [0.717, 1.165) is 0 Å². The van der Waals surface area contributed by atoms with Crippen molar-refractivity contribution in [2.24, 2.45) is 28.6 Å². The third kappa shape index (κ3) is 4.12. The number of carbonyl (C=O) groups is 4. The van der Waals surface area contributed by atoms with Gasteiger partial charge in [0.25, 0.3) is 0 Å². The number of alkyl halides is 1. The quantitative estimate of drug-likeness (QED) is 0.336. The fourth-order valence-electron chi connectivity index (χ4n) is 8.16. The zero-order chi connectivity index (χ0) is 28.1. The minimum Gasteiger partial charge on any atom is -0.469 e. The van der Waals surface area contributed by atoms with Crippen LogP contribution in [0.15, 0.2) is 23.8 Å². The first-order chi connectivity index (χ1) is 17.8. The van der Waals surface area contributed by atoms with Gasteiger partial charge in [-0.2, -0.15) is 0 Å². The predicted molar refractivity (Wildman–Crippen MR) is 144 cm³/mol. The number of aliphatic hydroxyl groups excluding tert-OH is 1. The number of fused-ring (bicyclic) bond motifs is 5. The number of esters is 2. The van der Waals surface area contributed by atoms with E-state index < -0.39 is 52.0 Å². The fraction of sp³-hybridized carbons (Fsp3) is 0.714. The second-order valence-corrected chi connectivity index (χ2v) is 14.1. The number of methoxy groups -OCH3 is 1. The molecular weight excluding hydrogens is 531 g/mol. The number of allylic oxidation sites excluding steroid dienone is 4. The molecule has 1 N–H and O–H groups in total. The van der Waals surface area contributed by atoms with E-state index in [2.05, 4.69) is 4.74 Å². The first kappa shape index (κ1) is 29.3.